The highest BCUT2D eigenvalue weighted by atomic mass is 79.9. The standard InChI is InChI=1S/C19H20BrF3N2/c20-17-9-4-2-7-15(17)18(25-12-5-10-24-11-13-25)14-6-1-3-8-16(14)19(21,22)23/h1-4,6-9,18,24H,5,10-13H2. The fourth-order valence-electron chi connectivity index (χ4n) is 3.38. The minimum atomic E-state index is -4.37. The lowest BCUT2D eigenvalue weighted by atomic mass is 9.92. The summed E-state index contributed by atoms with van der Waals surface area (Å²) in [5.74, 6) is 0. The van der Waals surface area contributed by atoms with E-state index >= 15 is 0 Å². The minimum absolute atomic E-state index is 0.309. The zero-order valence-corrected chi connectivity index (χ0v) is 15.3. The van der Waals surface area contributed by atoms with Crippen molar-refractivity contribution >= 4 is 15.9 Å². The molecule has 25 heavy (non-hydrogen) atoms. The maximum atomic E-state index is 13.6. The molecule has 0 radical (unpaired) electrons. The van der Waals surface area contributed by atoms with Gasteiger partial charge in [0.05, 0.1) is 11.6 Å². The van der Waals surface area contributed by atoms with Crippen LogP contribution in [0.5, 0.6) is 0 Å². The van der Waals surface area contributed by atoms with Gasteiger partial charge in [0.1, 0.15) is 0 Å². The monoisotopic (exact) mass is 412 g/mol. The van der Waals surface area contributed by atoms with Gasteiger partial charge in [0, 0.05) is 24.1 Å². The molecule has 0 bridgehead atoms. The molecule has 1 heterocycles. The molecule has 1 N–H and O–H groups in total. The molecule has 1 aliphatic heterocycles. The molecule has 2 aromatic carbocycles. The van der Waals surface area contributed by atoms with Gasteiger partial charge in [0.15, 0.2) is 0 Å². The smallest absolute Gasteiger partial charge is 0.315 e. The van der Waals surface area contributed by atoms with Crippen molar-refractivity contribution in [2.45, 2.75) is 18.6 Å². The molecule has 1 fully saturated rings. The van der Waals surface area contributed by atoms with E-state index in [4.69, 9.17) is 0 Å². The molecule has 2 nitrogen and oxygen atoms in total. The molecule has 0 aromatic heterocycles. The molecule has 0 amide bonds. The summed E-state index contributed by atoms with van der Waals surface area (Å²) in [6.45, 7) is 3.12. The van der Waals surface area contributed by atoms with Crippen LogP contribution in [0.4, 0.5) is 13.2 Å². The summed E-state index contributed by atoms with van der Waals surface area (Å²) in [7, 11) is 0. The summed E-state index contributed by atoms with van der Waals surface area (Å²) >= 11 is 3.53. The van der Waals surface area contributed by atoms with E-state index in [9.17, 15) is 13.2 Å². The van der Waals surface area contributed by atoms with E-state index in [1.54, 1.807) is 12.1 Å². The van der Waals surface area contributed by atoms with Gasteiger partial charge in [0.25, 0.3) is 0 Å². The molecular weight excluding hydrogens is 393 g/mol. The van der Waals surface area contributed by atoms with Crippen molar-refractivity contribution in [1.29, 1.82) is 0 Å². The van der Waals surface area contributed by atoms with Gasteiger partial charge in [-0.2, -0.15) is 13.2 Å². The maximum Gasteiger partial charge on any atom is 0.416 e. The molecule has 134 valence electrons. The number of nitrogens with zero attached hydrogens (tertiary/aromatic N) is 1. The molecule has 1 saturated heterocycles. The first kappa shape index (κ1) is 18.4. The van der Waals surface area contributed by atoms with Crippen molar-refractivity contribution in [2.75, 3.05) is 26.2 Å². The van der Waals surface area contributed by atoms with Crippen LogP contribution in [0.25, 0.3) is 0 Å². The van der Waals surface area contributed by atoms with Crippen LogP contribution >= 0.6 is 15.9 Å². The van der Waals surface area contributed by atoms with E-state index in [1.807, 2.05) is 24.3 Å². The van der Waals surface area contributed by atoms with Gasteiger partial charge in [-0.3, -0.25) is 4.90 Å². The summed E-state index contributed by atoms with van der Waals surface area (Å²) in [5, 5.41) is 3.32. The lowest BCUT2D eigenvalue weighted by molar-refractivity contribution is -0.138. The zero-order chi connectivity index (χ0) is 17.9. The Hall–Kier alpha value is -1.37. The van der Waals surface area contributed by atoms with E-state index in [2.05, 4.69) is 26.1 Å². The molecule has 6 heteroatoms. The molecule has 1 aliphatic rings. The van der Waals surface area contributed by atoms with Crippen molar-refractivity contribution in [3.63, 3.8) is 0 Å². The third-order valence-corrected chi connectivity index (χ3v) is 5.22. The summed E-state index contributed by atoms with van der Waals surface area (Å²) in [6, 6.07) is 13.0. The van der Waals surface area contributed by atoms with Gasteiger partial charge in [-0.1, -0.05) is 52.3 Å². The molecule has 0 aliphatic carbocycles. The van der Waals surface area contributed by atoms with E-state index in [1.165, 1.54) is 12.1 Å². The molecule has 1 unspecified atom stereocenters. The van der Waals surface area contributed by atoms with E-state index in [-0.39, 0.29) is 0 Å². The number of hydrogen-bond donors (Lipinski definition) is 1. The van der Waals surface area contributed by atoms with Gasteiger partial charge in [-0.25, -0.2) is 0 Å². The first-order valence-corrected chi connectivity index (χ1v) is 9.13. The largest absolute Gasteiger partial charge is 0.416 e. The van der Waals surface area contributed by atoms with Crippen LogP contribution in [0.2, 0.25) is 0 Å². The predicted molar refractivity (Wildman–Crippen MR) is 96.5 cm³/mol. The van der Waals surface area contributed by atoms with Crippen molar-refractivity contribution in [1.82, 2.24) is 10.2 Å². The number of halogens is 4. The third-order valence-electron chi connectivity index (χ3n) is 4.50. The molecule has 2 aromatic rings. The van der Waals surface area contributed by atoms with Crippen molar-refractivity contribution < 1.29 is 13.2 Å². The summed E-state index contributed by atoms with van der Waals surface area (Å²) in [4.78, 5) is 2.14. The Kier molecular flexibility index (Phi) is 5.81. The average molecular weight is 413 g/mol. The van der Waals surface area contributed by atoms with Crippen molar-refractivity contribution in [2.24, 2.45) is 0 Å². The Morgan fingerprint density at radius 2 is 1.60 bits per heavy atom. The Bertz CT molecular complexity index is 710. The second kappa shape index (κ2) is 7.89. The van der Waals surface area contributed by atoms with Crippen LogP contribution in [0, 0.1) is 0 Å². The van der Waals surface area contributed by atoms with Crippen molar-refractivity contribution in [3.05, 3.63) is 69.7 Å². The maximum absolute atomic E-state index is 13.6. The lowest BCUT2D eigenvalue weighted by Crippen LogP contribution is -2.34. The van der Waals surface area contributed by atoms with Crippen molar-refractivity contribution in [3.8, 4) is 0 Å². The first-order valence-electron chi connectivity index (χ1n) is 8.34. The van der Waals surface area contributed by atoms with Gasteiger partial charge in [-0.15, -0.1) is 0 Å². The zero-order valence-electron chi connectivity index (χ0n) is 13.7. The topological polar surface area (TPSA) is 15.3 Å². The Morgan fingerprint density at radius 3 is 2.32 bits per heavy atom. The van der Waals surface area contributed by atoms with E-state index < -0.39 is 17.8 Å². The van der Waals surface area contributed by atoms with Crippen LogP contribution < -0.4 is 5.32 Å². The van der Waals surface area contributed by atoms with E-state index in [0.717, 1.165) is 36.1 Å². The summed E-state index contributed by atoms with van der Waals surface area (Å²) in [6.07, 6.45) is -3.46. The second-order valence-corrected chi connectivity index (χ2v) is 7.00. The SMILES string of the molecule is FC(F)(F)c1ccccc1C(c1ccccc1Br)N1CCCNCC1. The van der Waals surface area contributed by atoms with Crippen LogP contribution in [-0.4, -0.2) is 31.1 Å². The van der Waals surface area contributed by atoms with Crippen LogP contribution in [0.3, 0.4) is 0 Å². The van der Waals surface area contributed by atoms with Crippen LogP contribution in [0.1, 0.15) is 29.2 Å². The predicted octanol–water partition coefficient (Wildman–Crippen LogP) is 4.85. The van der Waals surface area contributed by atoms with Gasteiger partial charge >= 0.3 is 6.18 Å². The number of benzene rings is 2. The van der Waals surface area contributed by atoms with Crippen LogP contribution in [-0.2, 0) is 6.18 Å². The van der Waals surface area contributed by atoms with Gasteiger partial charge < -0.3 is 5.32 Å². The van der Waals surface area contributed by atoms with Gasteiger partial charge in [0.2, 0.25) is 0 Å². The normalized spacial score (nSPS) is 17.9. The highest BCUT2D eigenvalue weighted by Crippen LogP contribution is 2.40. The molecule has 0 spiro atoms. The third kappa shape index (κ3) is 4.25. The van der Waals surface area contributed by atoms with E-state index in [0.29, 0.717) is 12.1 Å². The summed E-state index contributed by atoms with van der Waals surface area (Å²) in [5.41, 5.74) is 0.609. The first-order chi connectivity index (χ1) is 12.0. The highest BCUT2D eigenvalue weighted by Gasteiger charge is 2.37. The minimum Gasteiger partial charge on any atom is -0.315 e. The molecule has 0 saturated carbocycles. The summed E-state index contributed by atoms with van der Waals surface area (Å²) < 4.78 is 41.7. The quantitative estimate of drug-likeness (QED) is 0.774. The second-order valence-electron chi connectivity index (χ2n) is 6.15. The van der Waals surface area contributed by atoms with Crippen LogP contribution in [0.15, 0.2) is 53.0 Å². The average Bonchev–Trinajstić information content (AvgIpc) is 2.86. The number of alkyl halides is 3. The molecule has 1 atom stereocenters. The Balaban J connectivity index is 2.14. The van der Waals surface area contributed by atoms with Gasteiger partial charge in [-0.05, 0) is 36.2 Å². The fourth-order valence-corrected chi connectivity index (χ4v) is 3.88. The lowest BCUT2D eigenvalue weighted by Gasteiger charge is -2.33. The highest BCUT2D eigenvalue weighted by molar-refractivity contribution is 9.10. The number of rotatable bonds is 3. The Morgan fingerprint density at radius 1 is 0.920 bits per heavy atom. The number of hydrogen-bond acceptors (Lipinski definition) is 2. The fraction of sp³-hybridized carbons (Fsp3) is 0.368. The molecular formula is C19H20BrF3N2. The Labute approximate surface area is 154 Å². The number of nitrogens with one attached hydrogen (secondary N) is 1. The molecule has 3 rings (SSSR count).